The number of furan rings is 1. The second-order valence-electron chi connectivity index (χ2n) is 4.60. The van der Waals surface area contributed by atoms with E-state index < -0.39 is 0 Å². The molecule has 17 heavy (non-hydrogen) atoms. The first-order chi connectivity index (χ1) is 8.13. The number of rotatable bonds is 3. The van der Waals surface area contributed by atoms with Crippen LogP contribution in [-0.4, -0.2) is 11.9 Å². The van der Waals surface area contributed by atoms with E-state index in [-0.39, 0.29) is 5.91 Å². The van der Waals surface area contributed by atoms with Crippen molar-refractivity contribution in [2.24, 2.45) is 5.92 Å². The molecule has 1 amide bonds. The summed E-state index contributed by atoms with van der Waals surface area (Å²) in [5, 5.41) is 3.01. The largest absolute Gasteiger partial charge is 0.450 e. The van der Waals surface area contributed by atoms with Gasteiger partial charge in [0.25, 0.3) is 0 Å². The van der Waals surface area contributed by atoms with Crippen molar-refractivity contribution in [3.8, 4) is 0 Å². The summed E-state index contributed by atoms with van der Waals surface area (Å²) in [6, 6.07) is 3.95. The molecular formula is C13H16BrNO2. The van der Waals surface area contributed by atoms with Gasteiger partial charge in [-0.05, 0) is 59.3 Å². The summed E-state index contributed by atoms with van der Waals surface area (Å²) >= 11 is 3.22. The summed E-state index contributed by atoms with van der Waals surface area (Å²) in [6.07, 6.45) is 6.59. The Labute approximate surface area is 109 Å². The minimum atomic E-state index is -0.0448. The molecule has 1 aliphatic rings. The average Bonchev–Trinajstić information content (AvgIpc) is 2.85. The highest BCUT2D eigenvalue weighted by Gasteiger charge is 2.21. The zero-order chi connectivity index (χ0) is 12.3. The molecule has 0 spiro atoms. The Morgan fingerprint density at radius 3 is 2.94 bits per heavy atom. The first-order valence-electron chi connectivity index (χ1n) is 5.87. The summed E-state index contributed by atoms with van der Waals surface area (Å²) < 4.78 is 5.94. The summed E-state index contributed by atoms with van der Waals surface area (Å²) in [6.45, 7) is 2.22. The lowest BCUT2D eigenvalue weighted by atomic mass is 10.1. The van der Waals surface area contributed by atoms with E-state index in [1.54, 1.807) is 12.1 Å². The topological polar surface area (TPSA) is 42.2 Å². The molecule has 1 fully saturated rings. The summed E-state index contributed by atoms with van der Waals surface area (Å²) in [4.78, 5) is 11.6. The van der Waals surface area contributed by atoms with E-state index in [4.69, 9.17) is 4.42 Å². The Hall–Kier alpha value is -1.03. The lowest BCUT2D eigenvalue weighted by Crippen LogP contribution is -2.31. The quantitative estimate of drug-likeness (QED) is 0.869. The highest BCUT2D eigenvalue weighted by molar-refractivity contribution is 9.10. The van der Waals surface area contributed by atoms with Gasteiger partial charge in [0.1, 0.15) is 5.76 Å². The third-order valence-corrected chi connectivity index (χ3v) is 3.46. The van der Waals surface area contributed by atoms with Crippen LogP contribution in [0.15, 0.2) is 27.3 Å². The smallest absolute Gasteiger partial charge is 0.244 e. The highest BCUT2D eigenvalue weighted by atomic mass is 79.9. The molecule has 4 heteroatoms. The Kier molecular flexibility index (Phi) is 4.05. The number of amides is 1. The highest BCUT2D eigenvalue weighted by Crippen LogP contribution is 2.24. The predicted molar refractivity (Wildman–Crippen MR) is 70.4 cm³/mol. The van der Waals surface area contributed by atoms with Crippen molar-refractivity contribution in [2.75, 3.05) is 0 Å². The van der Waals surface area contributed by atoms with E-state index in [0.29, 0.717) is 16.5 Å². The Bertz CT molecular complexity index is 425. The van der Waals surface area contributed by atoms with Crippen LogP contribution < -0.4 is 5.32 Å². The van der Waals surface area contributed by atoms with E-state index in [1.165, 1.54) is 12.5 Å². The second-order valence-corrected chi connectivity index (χ2v) is 5.38. The Morgan fingerprint density at radius 1 is 1.53 bits per heavy atom. The van der Waals surface area contributed by atoms with Crippen LogP contribution in [0.4, 0.5) is 0 Å². The number of carbonyl (C=O) groups is 1. The van der Waals surface area contributed by atoms with Crippen LogP contribution >= 0.6 is 15.9 Å². The normalized spacial score (nSPS) is 24.4. The van der Waals surface area contributed by atoms with Crippen molar-refractivity contribution < 1.29 is 9.21 Å². The maximum absolute atomic E-state index is 11.6. The van der Waals surface area contributed by atoms with Crippen LogP contribution in [0.3, 0.4) is 0 Å². The minimum absolute atomic E-state index is 0.0448. The first kappa shape index (κ1) is 12.4. The van der Waals surface area contributed by atoms with Crippen LogP contribution in [0.25, 0.3) is 6.08 Å². The van der Waals surface area contributed by atoms with E-state index in [9.17, 15) is 4.79 Å². The molecule has 0 aromatic carbocycles. The molecule has 92 valence electrons. The summed E-state index contributed by atoms with van der Waals surface area (Å²) in [5.41, 5.74) is 0. The predicted octanol–water partition coefficient (Wildman–Crippen LogP) is 3.36. The van der Waals surface area contributed by atoms with E-state index in [0.717, 1.165) is 18.8 Å². The molecular weight excluding hydrogens is 282 g/mol. The average molecular weight is 298 g/mol. The molecule has 2 unspecified atom stereocenters. The van der Waals surface area contributed by atoms with Crippen molar-refractivity contribution >= 4 is 27.9 Å². The fraction of sp³-hybridized carbons (Fsp3) is 0.462. The van der Waals surface area contributed by atoms with Gasteiger partial charge in [-0.2, -0.15) is 0 Å². The van der Waals surface area contributed by atoms with Crippen molar-refractivity contribution in [1.82, 2.24) is 5.32 Å². The monoisotopic (exact) mass is 297 g/mol. The molecule has 1 aliphatic carbocycles. The van der Waals surface area contributed by atoms with Gasteiger partial charge in [0.05, 0.1) is 0 Å². The molecule has 1 aromatic rings. The van der Waals surface area contributed by atoms with Gasteiger partial charge in [-0.1, -0.05) is 6.92 Å². The lowest BCUT2D eigenvalue weighted by molar-refractivity contribution is -0.117. The van der Waals surface area contributed by atoms with Crippen LogP contribution in [0.2, 0.25) is 0 Å². The lowest BCUT2D eigenvalue weighted by Gasteiger charge is -2.09. The zero-order valence-electron chi connectivity index (χ0n) is 9.78. The number of hydrogen-bond donors (Lipinski definition) is 1. The number of halogens is 1. The first-order valence-corrected chi connectivity index (χ1v) is 6.66. The second kappa shape index (κ2) is 5.54. The third kappa shape index (κ3) is 3.73. The number of hydrogen-bond acceptors (Lipinski definition) is 2. The summed E-state index contributed by atoms with van der Waals surface area (Å²) in [5.74, 6) is 1.36. The number of nitrogens with one attached hydrogen (secondary N) is 1. The maximum Gasteiger partial charge on any atom is 0.244 e. The van der Waals surface area contributed by atoms with Crippen LogP contribution in [-0.2, 0) is 4.79 Å². The van der Waals surface area contributed by atoms with Gasteiger partial charge in [-0.15, -0.1) is 0 Å². The SMILES string of the molecule is CC1CCC(NC(=O)/C=C/c2ccc(Br)o2)C1. The van der Waals surface area contributed by atoms with Crippen LogP contribution in [0.5, 0.6) is 0 Å². The van der Waals surface area contributed by atoms with E-state index in [1.807, 2.05) is 6.07 Å². The van der Waals surface area contributed by atoms with Gasteiger partial charge >= 0.3 is 0 Å². The molecule has 1 heterocycles. The standard InChI is InChI=1S/C13H16BrNO2/c1-9-2-3-10(8-9)15-13(16)7-5-11-4-6-12(14)17-11/h4-7,9-10H,2-3,8H2,1H3,(H,15,16)/b7-5+. The van der Waals surface area contributed by atoms with Gasteiger partial charge in [-0.25, -0.2) is 0 Å². The molecule has 2 rings (SSSR count). The molecule has 1 saturated carbocycles. The number of carbonyl (C=O) groups excluding carboxylic acids is 1. The van der Waals surface area contributed by atoms with Gasteiger partial charge in [0.2, 0.25) is 5.91 Å². The van der Waals surface area contributed by atoms with Gasteiger partial charge in [0.15, 0.2) is 4.67 Å². The summed E-state index contributed by atoms with van der Waals surface area (Å²) in [7, 11) is 0. The molecule has 0 radical (unpaired) electrons. The molecule has 1 aromatic heterocycles. The molecule has 2 atom stereocenters. The maximum atomic E-state index is 11.6. The van der Waals surface area contributed by atoms with E-state index in [2.05, 4.69) is 28.2 Å². The van der Waals surface area contributed by atoms with Crippen molar-refractivity contribution in [2.45, 2.75) is 32.2 Å². The molecule has 0 saturated heterocycles. The van der Waals surface area contributed by atoms with Crippen molar-refractivity contribution in [3.63, 3.8) is 0 Å². The van der Waals surface area contributed by atoms with Crippen LogP contribution in [0.1, 0.15) is 31.9 Å². The third-order valence-electron chi connectivity index (χ3n) is 3.03. The fourth-order valence-corrected chi connectivity index (χ4v) is 2.48. The van der Waals surface area contributed by atoms with Gasteiger partial charge < -0.3 is 9.73 Å². The van der Waals surface area contributed by atoms with Crippen molar-refractivity contribution in [3.05, 3.63) is 28.6 Å². The minimum Gasteiger partial charge on any atom is -0.450 e. The molecule has 0 bridgehead atoms. The fourth-order valence-electron chi connectivity index (χ4n) is 2.16. The van der Waals surface area contributed by atoms with Gasteiger partial charge in [-0.3, -0.25) is 4.79 Å². The Morgan fingerprint density at radius 2 is 2.35 bits per heavy atom. The Balaban J connectivity index is 1.83. The van der Waals surface area contributed by atoms with Crippen molar-refractivity contribution in [1.29, 1.82) is 0 Å². The molecule has 0 aliphatic heterocycles. The zero-order valence-corrected chi connectivity index (χ0v) is 11.4. The van der Waals surface area contributed by atoms with Crippen LogP contribution in [0, 0.1) is 5.92 Å². The molecule has 3 nitrogen and oxygen atoms in total. The van der Waals surface area contributed by atoms with Gasteiger partial charge in [0, 0.05) is 12.1 Å². The molecule has 1 N–H and O–H groups in total. The van der Waals surface area contributed by atoms with E-state index >= 15 is 0 Å².